The number of aromatic nitrogens is 2. The van der Waals surface area contributed by atoms with Crippen molar-refractivity contribution in [2.45, 2.75) is 13.1 Å². The molecule has 0 aliphatic heterocycles. The van der Waals surface area contributed by atoms with Gasteiger partial charge in [0, 0.05) is 15.6 Å². The van der Waals surface area contributed by atoms with E-state index in [-0.39, 0.29) is 28.3 Å². The van der Waals surface area contributed by atoms with Crippen LogP contribution >= 0.6 is 15.9 Å². The van der Waals surface area contributed by atoms with E-state index in [1.807, 2.05) is 0 Å². The van der Waals surface area contributed by atoms with Crippen molar-refractivity contribution in [3.63, 3.8) is 0 Å². The van der Waals surface area contributed by atoms with Crippen LogP contribution in [0.4, 0.5) is 13.2 Å². The number of hydrogen-bond acceptors (Lipinski definition) is 5. The minimum atomic E-state index is -4.56. The molecule has 0 spiro atoms. The Labute approximate surface area is 200 Å². The van der Waals surface area contributed by atoms with Crippen molar-refractivity contribution in [2.24, 2.45) is 5.10 Å². The van der Waals surface area contributed by atoms with Crippen LogP contribution < -0.4 is 10.3 Å². The molecule has 0 aliphatic rings. The molecule has 0 bridgehead atoms. The average molecular weight is 532 g/mol. The fraction of sp³-hybridized carbons (Fsp3) is 0.125. The predicted octanol–water partition coefficient (Wildman–Crippen LogP) is 5.83. The Hall–Kier alpha value is -3.66. The molecule has 6 nitrogen and oxygen atoms in total. The maximum Gasteiger partial charge on any atom is 0.416 e. The van der Waals surface area contributed by atoms with Gasteiger partial charge in [-0.2, -0.15) is 22.9 Å². The number of para-hydroxylation sites is 1. The zero-order valence-electron chi connectivity index (χ0n) is 17.7. The minimum absolute atomic E-state index is 0.0500. The molecular weight excluding hydrogens is 515 g/mol. The summed E-state index contributed by atoms with van der Waals surface area (Å²) in [7, 11) is 0. The third kappa shape index (κ3) is 4.67. The number of nitrogens with zero attached hydrogens (tertiary/aromatic N) is 3. The molecule has 0 radical (unpaired) electrons. The van der Waals surface area contributed by atoms with Crippen molar-refractivity contribution in [3.05, 3.63) is 86.6 Å². The number of halogens is 4. The molecule has 0 amide bonds. The van der Waals surface area contributed by atoms with E-state index in [2.05, 4.69) is 26.0 Å². The minimum Gasteiger partial charge on any atom is -0.504 e. The Morgan fingerprint density at radius 1 is 1.15 bits per heavy atom. The maximum absolute atomic E-state index is 13.3. The summed E-state index contributed by atoms with van der Waals surface area (Å²) in [5, 5.41) is 14.5. The Morgan fingerprint density at radius 2 is 1.91 bits per heavy atom. The number of phenols is 1. The van der Waals surface area contributed by atoms with Gasteiger partial charge in [-0.05, 0) is 59.3 Å². The lowest BCUT2D eigenvalue weighted by Crippen LogP contribution is -2.20. The predicted molar refractivity (Wildman–Crippen MR) is 126 cm³/mol. The van der Waals surface area contributed by atoms with Crippen LogP contribution in [-0.4, -0.2) is 27.6 Å². The van der Waals surface area contributed by atoms with Gasteiger partial charge in [-0.3, -0.25) is 4.79 Å². The highest BCUT2D eigenvalue weighted by Gasteiger charge is 2.31. The number of ether oxygens (including phenoxy) is 1. The second-order valence-electron chi connectivity index (χ2n) is 7.17. The summed E-state index contributed by atoms with van der Waals surface area (Å²) in [5.74, 6) is 0.0836. The van der Waals surface area contributed by atoms with E-state index in [9.17, 15) is 23.1 Å². The Bertz CT molecular complexity index is 1470. The summed E-state index contributed by atoms with van der Waals surface area (Å²) in [4.78, 5) is 17.7. The number of benzene rings is 3. The van der Waals surface area contributed by atoms with Gasteiger partial charge in [0.15, 0.2) is 17.3 Å². The largest absolute Gasteiger partial charge is 0.504 e. The molecule has 0 atom stereocenters. The van der Waals surface area contributed by atoms with Crippen LogP contribution in [0.15, 0.2) is 75.0 Å². The smallest absolute Gasteiger partial charge is 0.416 e. The molecule has 1 aromatic heterocycles. The van der Waals surface area contributed by atoms with Gasteiger partial charge in [-0.15, -0.1) is 0 Å². The van der Waals surface area contributed by atoms with E-state index in [0.717, 1.165) is 16.8 Å². The monoisotopic (exact) mass is 531 g/mol. The maximum atomic E-state index is 13.3. The van der Waals surface area contributed by atoms with Crippen LogP contribution in [0, 0.1) is 0 Å². The van der Waals surface area contributed by atoms with E-state index in [1.54, 1.807) is 31.2 Å². The first-order chi connectivity index (χ1) is 16.2. The molecule has 0 saturated heterocycles. The number of hydrogen-bond donors (Lipinski definition) is 1. The van der Waals surface area contributed by atoms with Crippen molar-refractivity contribution >= 4 is 33.0 Å². The number of phenolic OH excluding ortho intramolecular Hbond substituents is 1. The topological polar surface area (TPSA) is 76.7 Å². The summed E-state index contributed by atoms with van der Waals surface area (Å²) in [5.41, 5.74) is -0.540. The SMILES string of the molecule is CCOc1cc(C=Nn2c(-c3cccc(C(F)(F)F)c3)nc3ccccc3c2=O)c(Br)cc1O. The van der Waals surface area contributed by atoms with Crippen molar-refractivity contribution in [3.8, 4) is 22.9 Å². The molecule has 3 aromatic carbocycles. The summed E-state index contributed by atoms with van der Waals surface area (Å²) in [6.07, 6.45) is -3.23. The lowest BCUT2D eigenvalue weighted by atomic mass is 10.1. The van der Waals surface area contributed by atoms with Gasteiger partial charge in [0.05, 0.1) is 29.3 Å². The molecule has 0 unspecified atom stereocenters. The van der Waals surface area contributed by atoms with Gasteiger partial charge in [0.25, 0.3) is 5.56 Å². The van der Waals surface area contributed by atoms with Crippen LogP contribution in [0.3, 0.4) is 0 Å². The highest BCUT2D eigenvalue weighted by atomic mass is 79.9. The molecule has 0 saturated carbocycles. The molecule has 0 fully saturated rings. The second kappa shape index (κ2) is 9.30. The fourth-order valence-corrected chi connectivity index (χ4v) is 3.73. The van der Waals surface area contributed by atoms with Crippen LogP contribution in [0.2, 0.25) is 0 Å². The lowest BCUT2D eigenvalue weighted by molar-refractivity contribution is -0.137. The molecule has 1 N–H and O–H groups in total. The zero-order chi connectivity index (χ0) is 24.5. The van der Waals surface area contributed by atoms with Gasteiger partial charge in [0.2, 0.25) is 0 Å². The fourth-order valence-electron chi connectivity index (χ4n) is 3.30. The molecule has 0 aliphatic carbocycles. The third-order valence-electron chi connectivity index (χ3n) is 4.89. The van der Waals surface area contributed by atoms with Crippen molar-refractivity contribution < 1.29 is 23.0 Å². The Balaban J connectivity index is 1.92. The highest BCUT2D eigenvalue weighted by Crippen LogP contribution is 2.33. The lowest BCUT2D eigenvalue weighted by Gasteiger charge is -2.12. The van der Waals surface area contributed by atoms with Crippen LogP contribution in [0.1, 0.15) is 18.1 Å². The Morgan fingerprint density at radius 3 is 2.65 bits per heavy atom. The van der Waals surface area contributed by atoms with Gasteiger partial charge in [0.1, 0.15) is 0 Å². The number of aromatic hydroxyl groups is 1. The molecule has 10 heteroatoms. The first-order valence-corrected chi connectivity index (χ1v) is 10.9. The van der Waals surface area contributed by atoms with Crippen LogP contribution in [0.5, 0.6) is 11.5 Å². The normalized spacial score (nSPS) is 11.9. The molecular formula is C24H17BrF3N3O3. The van der Waals surface area contributed by atoms with E-state index in [4.69, 9.17) is 4.74 Å². The standard InChI is InChI=1S/C24H17BrF3N3O3/c1-2-34-21-11-15(18(25)12-20(21)32)13-29-31-22(14-6-5-7-16(10-14)24(26,27)28)30-19-9-4-3-8-17(19)23(31)33/h3-13,32H,2H2,1H3. The van der Waals surface area contributed by atoms with Gasteiger partial charge < -0.3 is 9.84 Å². The van der Waals surface area contributed by atoms with Gasteiger partial charge in [-0.1, -0.05) is 24.3 Å². The average Bonchev–Trinajstić information content (AvgIpc) is 2.80. The van der Waals surface area contributed by atoms with Crippen LogP contribution in [-0.2, 0) is 6.18 Å². The van der Waals surface area contributed by atoms with E-state index >= 15 is 0 Å². The van der Waals surface area contributed by atoms with Crippen molar-refractivity contribution in [1.82, 2.24) is 9.66 Å². The van der Waals surface area contributed by atoms with E-state index < -0.39 is 17.3 Å². The molecule has 4 aromatic rings. The molecule has 34 heavy (non-hydrogen) atoms. The van der Waals surface area contributed by atoms with Gasteiger partial charge >= 0.3 is 6.18 Å². The number of alkyl halides is 3. The zero-order valence-corrected chi connectivity index (χ0v) is 19.3. The van der Waals surface area contributed by atoms with Crippen LogP contribution in [0.25, 0.3) is 22.3 Å². The first-order valence-electron chi connectivity index (χ1n) is 10.1. The summed E-state index contributed by atoms with van der Waals surface area (Å²) in [6.45, 7) is 2.08. The number of rotatable bonds is 5. The summed E-state index contributed by atoms with van der Waals surface area (Å²) in [6, 6.07) is 14.0. The quantitative estimate of drug-likeness (QED) is 0.328. The molecule has 4 rings (SSSR count). The molecule has 174 valence electrons. The van der Waals surface area contributed by atoms with Crippen molar-refractivity contribution in [2.75, 3.05) is 6.61 Å². The van der Waals surface area contributed by atoms with Gasteiger partial charge in [-0.25, -0.2) is 4.98 Å². The summed E-state index contributed by atoms with van der Waals surface area (Å²) >= 11 is 3.32. The van der Waals surface area contributed by atoms with E-state index in [1.165, 1.54) is 30.5 Å². The Kier molecular flexibility index (Phi) is 6.43. The number of fused-ring (bicyclic) bond motifs is 1. The second-order valence-corrected chi connectivity index (χ2v) is 8.02. The highest BCUT2D eigenvalue weighted by molar-refractivity contribution is 9.10. The third-order valence-corrected chi connectivity index (χ3v) is 5.58. The summed E-state index contributed by atoms with van der Waals surface area (Å²) < 4.78 is 46.7. The van der Waals surface area contributed by atoms with Crippen molar-refractivity contribution in [1.29, 1.82) is 0 Å². The first kappa shape index (κ1) is 23.5. The van der Waals surface area contributed by atoms with E-state index in [0.29, 0.717) is 22.2 Å². The molecule has 1 heterocycles.